The van der Waals surface area contributed by atoms with E-state index in [1.807, 2.05) is 0 Å². The van der Waals surface area contributed by atoms with E-state index in [0.717, 1.165) is 24.3 Å². The molecule has 1 N–H and O–H groups in total. The van der Waals surface area contributed by atoms with Crippen molar-refractivity contribution in [1.29, 1.82) is 0 Å². The van der Waals surface area contributed by atoms with Gasteiger partial charge in [-0.15, -0.1) is 0 Å². The summed E-state index contributed by atoms with van der Waals surface area (Å²) in [4.78, 5) is 23.9. The number of hydrogen-bond donors (Lipinski definition) is 1. The predicted molar refractivity (Wildman–Crippen MR) is 99.1 cm³/mol. The number of methoxy groups -OCH3 is 2. The van der Waals surface area contributed by atoms with Crippen molar-refractivity contribution >= 4 is 23.6 Å². The van der Waals surface area contributed by atoms with E-state index in [2.05, 4.69) is 5.32 Å². The van der Waals surface area contributed by atoms with Crippen molar-refractivity contribution in [2.75, 3.05) is 19.5 Å². The molecular weight excluding hydrogens is 372 g/mol. The summed E-state index contributed by atoms with van der Waals surface area (Å²) in [7, 11) is 3.00. The normalized spacial score (nSPS) is 11.8. The van der Waals surface area contributed by atoms with Crippen LogP contribution in [0, 0.1) is 11.6 Å². The molecule has 2 aromatic carbocycles. The van der Waals surface area contributed by atoms with Gasteiger partial charge in [-0.2, -0.15) is 0 Å². The fourth-order valence-electron chi connectivity index (χ4n) is 2.18. The fraction of sp³-hybridized carbons (Fsp3) is 0.200. The van der Waals surface area contributed by atoms with Crippen molar-refractivity contribution in [1.82, 2.24) is 0 Å². The Labute approximate surface area is 160 Å². The van der Waals surface area contributed by atoms with Gasteiger partial charge in [-0.1, -0.05) is 0 Å². The zero-order valence-electron chi connectivity index (χ0n) is 15.5. The van der Waals surface area contributed by atoms with Gasteiger partial charge >= 0.3 is 5.97 Å². The van der Waals surface area contributed by atoms with Crippen LogP contribution in [0.2, 0.25) is 0 Å². The van der Waals surface area contributed by atoms with Gasteiger partial charge in [0, 0.05) is 18.2 Å². The Bertz CT molecular complexity index is 876. The van der Waals surface area contributed by atoms with Gasteiger partial charge in [0.25, 0.3) is 5.91 Å². The standard InChI is InChI=1S/C20H19F2NO5/c1-12(20(25)23-18-10-14(21)5-6-17(18)22)28-19(24)7-4-13-8-15(26-2)11-16(9-13)27-3/h4-12H,1-3H3,(H,23,25)/b7-4+/t12-/m1/s1. The first-order valence-corrected chi connectivity index (χ1v) is 8.20. The first-order chi connectivity index (χ1) is 13.3. The Balaban J connectivity index is 1.99. The zero-order valence-corrected chi connectivity index (χ0v) is 15.5. The first kappa shape index (κ1) is 20.9. The first-order valence-electron chi connectivity index (χ1n) is 8.20. The van der Waals surface area contributed by atoms with Crippen LogP contribution in [-0.4, -0.2) is 32.2 Å². The van der Waals surface area contributed by atoms with Crippen LogP contribution in [0.15, 0.2) is 42.5 Å². The number of anilines is 1. The van der Waals surface area contributed by atoms with Crippen LogP contribution in [0.1, 0.15) is 12.5 Å². The second-order valence-electron chi connectivity index (χ2n) is 5.67. The Morgan fingerprint density at radius 2 is 1.68 bits per heavy atom. The Hall–Kier alpha value is -3.42. The smallest absolute Gasteiger partial charge is 0.331 e. The molecule has 0 radical (unpaired) electrons. The van der Waals surface area contributed by atoms with Crippen LogP contribution in [0.3, 0.4) is 0 Å². The largest absolute Gasteiger partial charge is 0.497 e. The predicted octanol–water partition coefficient (Wildman–Crippen LogP) is 3.57. The Morgan fingerprint density at radius 3 is 2.29 bits per heavy atom. The highest BCUT2D eigenvalue weighted by atomic mass is 19.1. The number of hydrogen-bond acceptors (Lipinski definition) is 5. The molecule has 0 aliphatic rings. The van der Waals surface area contributed by atoms with Crippen molar-refractivity contribution in [2.24, 2.45) is 0 Å². The van der Waals surface area contributed by atoms with E-state index >= 15 is 0 Å². The molecule has 2 aromatic rings. The van der Waals surface area contributed by atoms with Gasteiger partial charge in [-0.25, -0.2) is 13.6 Å². The maximum Gasteiger partial charge on any atom is 0.331 e. The molecule has 0 saturated heterocycles. The monoisotopic (exact) mass is 391 g/mol. The van der Waals surface area contributed by atoms with Crippen LogP contribution < -0.4 is 14.8 Å². The molecule has 0 spiro atoms. The summed E-state index contributed by atoms with van der Waals surface area (Å²) in [5, 5.41) is 2.17. The highest BCUT2D eigenvalue weighted by molar-refractivity contribution is 5.96. The van der Waals surface area contributed by atoms with E-state index in [-0.39, 0.29) is 5.69 Å². The highest BCUT2D eigenvalue weighted by Crippen LogP contribution is 2.23. The molecule has 0 bridgehead atoms. The van der Waals surface area contributed by atoms with E-state index in [9.17, 15) is 18.4 Å². The van der Waals surface area contributed by atoms with Gasteiger partial charge in [0.2, 0.25) is 0 Å². The number of halogens is 2. The molecule has 6 nitrogen and oxygen atoms in total. The molecule has 8 heteroatoms. The second kappa shape index (κ2) is 9.50. The summed E-state index contributed by atoms with van der Waals surface area (Å²) >= 11 is 0. The number of carbonyl (C=O) groups is 2. The number of rotatable bonds is 7. The minimum atomic E-state index is -1.22. The van der Waals surface area contributed by atoms with Crippen LogP contribution in [0.5, 0.6) is 11.5 Å². The third kappa shape index (κ3) is 5.80. The van der Waals surface area contributed by atoms with Crippen molar-refractivity contribution < 1.29 is 32.6 Å². The summed E-state index contributed by atoms with van der Waals surface area (Å²) in [6, 6.07) is 7.66. The van der Waals surface area contributed by atoms with Gasteiger partial charge in [0.05, 0.1) is 19.9 Å². The molecule has 0 fully saturated rings. The van der Waals surface area contributed by atoms with Gasteiger partial charge < -0.3 is 19.5 Å². The molecule has 0 aliphatic carbocycles. The van der Waals surface area contributed by atoms with Gasteiger partial charge in [-0.3, -0.25) is 4.79 Å². The third-order valence-corrected chi connectivity index (χ3v) is 3.63. The van der Waals surface area contributed by atoms with E-state index in [1.165, 1.54) is 27.2 Å². The Kier molecular flexibility index (Phi) is 7.08. The lowest BCUT2D eigenvalue weighted by atomic mass is 10.2. The zero-order chi connectivity index (χ0) is 20.7. The summed E-state index contributed by atoms with van der Waals surface area (Å²) in [6.07, 6.45) is 1.37. The van der Waals surface area contributed by atoms with Crippen LogP contribution in [0.25, 0.3) is 6.08 Å². The number of amides is 1. The molecular formula is C20H19F2NO5. The molecule has 0 unspecified atom stereocenters. The summed E-state index contributed by atoms with van der Waals surface area (Å²) in [6.45, 7) is 1.31. The lowest BCUT2D eigenvalue weighted by molar-refractivity contribution is -0.148. The number of nitrogens with one attached hydrogen (secondary N) is 1. The lowest BCUT2D eigenvalue weighted by Gasteiger charge is -2.13. The molecule has 0 aliphatic heterocycles. The minimum absolute atomic E-state index is 0.341. The van der Waals surface area contributed by atoms with E-state index in [0.29, 0.717) is 17.1 Å². The molecule has 0 saturated carbocycles. The number of esters is 1. The molecule has 2 rings (SSSR count). The minimum Gasteiger partial charge on any atom is -0.497 e. The van der Waals surface area contributed by atoms with E-state index in [4.69, 9.17) is 14.2 Å². The molecule has 0 heterocycles. The summed E-state index contributed by atoms with van der Waals surface area (Å²) < 4.78 is 42.0. The maximum atomic E-state index is 13.6. The number of benzene rings is 2. The topological polar surface area (TPSA) is 73.9 Å². The molecule has 0 aromatic heterocycles. The van der Waals surface area contributed by atoms with Crippen LogP contribution in [-0.2, 0) is 14.3 Å². The van der Waals surface area contributed by atoms with Crippen LogP contribution in [0.4, 0.5) is 14.5 Å². The third-order valence-electron chi connectivity index (χ3n) is 3.63. The molecule has 28 heavy (non-hydrogen) atoms. The second-order valence-corrected chi connectivity index (χ2v) is 5.67. The quantitative estimate of drug-likeness (QED) is 0.577. The maximum absolute atomic E-state index is 13.6. The lowest BCUT2D eigenvalue weighted by Crippen LogP contribution is -2.29. The summed E-state index contributed by atoms with van der Waals surface area (Å²) in [5.74, 6) is -2.02. The van der Waals surface area contributed by atoms with Crippen molar-refractivity contribution in [3.63, 3.8) is 0 Å². The Morgan fingerprint density at radius 1 is 1.04 bits per heavy atom. The average molecular weight is 391 g/mol. The molecule has 1 amide bonds. The average Bonchev–Trinajstić information content (AvgIpc) is 2.68. The van der Waals surface area contributed by atoms with E-state index in [1.54, 1.807) is 18.2 Å². The van der Waals surface area contributed by atoms with Crippen molar-refractivity contribution in [3.05, 3.63) is 59.7 Å². The van der Waals surface area contributed by atoms with Crippen molar-refractivity contribution in [3.8, 4) is 11.5 Å². The number of ether oxygens (including phenoxy) is 3. The highest BCUT2D eigenvalue weighted by Gasteiger charge is 2.18. The van der Waals surface area contributed by atoms with Gasteiger partial charge in [0.15, 0.2) is 6.10 Å². The molecule has 1 atom stereocenters. The van der Waals surface area contributed by atoms with Crippen molar-refractivity contribution in [2.45, 2.75) is 13.0 Å². The SMILES string of the molecule is COc1cc(/C=C/C(=O)O[C@H](C)C(=O)Nc2cc(F)ccc2F)cc(OC)c1. The van der Waals surface area contributed by atoms with Gasteiger partial charge in [0.1, 0.15) is 23.1 Å². The fourth-order valence-corrected chi connectivity index (χ4v) is 2.18. The number of carbonyl (C=O) groups excluding carboxylic acids is 2. The van der Waals surface area contributed by atoms with Gasteiger partial charge in [-0.05, 0) is 42.8 Å². The molecule has 148 valence electrons. The summed E-state index contributed by atoms with van der Waals surface area (Å²) in [5.41, 5.74) is 0.277. The van der Waals surface area contributed by atoms with Crippen LogP contribution >= 0.6 is 0 Å². The van der Waals surface area contributed by atoms with E-state index < -0.39 is 29.6 Å².